The molecule has 1 aliphatic rings. The van der Waals surface area contributed by atoms with Crippen LogP contribution in [0, 0.1) is 0 Å². The van der Waals surface area contributed by atoms with Gasteiger partial charge in [-0.2, -0.15) is 0 Å². The minimum Gasteiger partial charge on any atom is -0.388 e. The summed E-state index contributed by atoms with van der Waals surface area (Å²) < 4.78 is 10.00. The smallest absolute Gasteiger partial charge is 0.111 e. The highest BCUT2D eigenvalue weighted by Gasteiger charge is 2.39. The summed E-state index contributed by atoms with van der Waals surface area (Å²) in [6.07, 6.45) is -2.28. The van der Waals surface area contributed by atoms with Crippen LogP contribution in [0.2, 0.25) is 0 Å². The van der Waals surface area contributed by atoms with E-state index in [-0.39, 0.29) is 12.2 Å². The van der Waals surface area contributed by atoms with Crippen molar-refractivity contribution in [2.45, 2.75) is 31.3 Å². The highest BCUT2D eigenvalue weighted by Crippen LogP contribution is 2.20. The summed E-state index contributed by atoms with van der Waals surface area (Å²) in [6.45, 7) is 2.05. The maximum atomic E-state index is 9.30. The minimum atomic E-state index is -0.815. The van der Waals surface area contributed by atoms with Crippen LogP contribution in [-0.2, 0) is 9.47 Å². The molecule has 1 rings (SSSR count). The van der Waals surface area contributed by atoms with E-state index in [2.05, 4.69) is 0 Å². The minimum absolute atomic E-state index is 0.301. The fourth-order valence-electron chi connectivity index (χ4n) is 1.24. The lowest BCUT2D eigenvalue weighted by Crippen LogP contribution is -2.33. The van der Waals surface area contributed by atoms with Gasteiger partial charge in [0.2, 0.25) is 0 Å². The molecule has 4 heteroatoms. The molecule has 0 spiro atoms. The Balaban J connectivity index is 2.45. The van der Waals surface area contributed by atoms with Gasteiger partial charge in [-0.25, -0.2) is 0 Å². The SMILES string of the molecule is COC[C@H]1O[C@@H](C)C(O)C1O. The monoisotopic (exact) mass is 162 g/mol. The number of methoxy groups -OCH3 is 1. The molecule has 4 atom stereocenters. The molecule has 66 valence electrons. The van der Waals surface area contributed by atoms with Crippen molar-refractivity contribution in [3.05, 3.63) is 0 Å². The highest BCUT2D eigenvalue weighted by molar-refractivity contribution is 4.87. The molecule has 0 bridgehead atoms. The third kappa shape index (κ3) is 1.70. The van der Waals surface area contributed by atoms with E-state index in [0.717, 1.165) is 0 Å². The summed E-state index contributed by atoms with van der Waals surface area (Å²) in [5.74, 6) is 0. The third-order valence-corrected chi connectivity index (χ3v) is 1.93. The van der Waals surface area contributed by atoms with Gasteiger partial charge in [0.05, 0.1) is 12.7 Å². The van der Waals surface area contributed by atoms with Gasteiger partial charge in [-0.1, -0.05) is 0 Å². The predicted octanol–water partition coefficient (Wildman–Crippen LogP) is -0.858. The first-order valence-electron chi connectivity index (χ1n) is 3.67. The van der Waals surface area contributed by atoms with E-state index in [1.165, 1.54) is 7.11 Å². The van der Waals surface area contributed by atoms with Gasteiger partial charge < -0.3 is 19.7 Å². The van der Waals surface area contributed by atoms with Gasteiger partial charge in [0.1, 0.15) is 18.3 Å². The van der Waals surface area contributed by atoms with Crippen molar-refractivity contribution in [2.75, 3.05) is 13.7 Å². The zero-order valence-corrected chi connectivity index (χ0v) is 6.73. The summed E-state index contributed by atoms with van der Waals surface area (Å²) in [5, 5.41) is 18.5. The molecule has 0 aliphatic carbocycles. The third-order valence-electron chi connectivity index (χ3n) is 1.93. The molecule has 0 radical (unpaired) electrons. The van der Waals surface area contributed by atoms with Crippen molar-refractivity contribution < 1.29 is 19.7 Å². The van der Waals surface area contributed by atoms with Crippen molar-refractivity contribution in [1.82, 2.24) is 0 Å². The number of ether oxygens (including phenoxy) is 2. The van der Waals surface area contributed by atoms with E-state index < -0.39 is 12.2 Å². The van der Waals surface area contributed by atoms with Crippen LogP contribution >= 0.6 is 0 Å². The maximum Gasteiger partial charge on any atom is 0.111 e. The van der Waals surface area contributed by atoms with Crippen LogP contribution in [0.1, 0.15) is 6.92 Å². The Bertz CT molecular complexity index is 128. The van der Waals surface area contributed by atoms with Gasteiger partial charge in [0, 0.05) is 7.11 Å². The largest absolute Gasteiger partial charge is 0.388 e. The molecular formula is C7H14O4. The number of aliphatic hydroxyl groups is 2. The Morgan fingerprint density at radius 3 is 2.36 bits per heavy atom. The van der Waals surface area contributed by atoms with Crippen molar-refractivity contribution in [2.24, 2.45) is 0 Å². The molecule has 1 aliphatic heterocycles. The molecule has 1 fully saturated rings. The lowest BCUT2D eigenvalue weighted by Gasteiger charge is -2.12. The molecule has 2 N–H and O–H groups in total. The van der Waals surface area contributed by atoms with E-state index in [1.54, 1.807) is 6.92 Å². The van der Waals surface area contributed by atoms with Crippen LogP contribution in [0.4, 0.5) is 0 Å². The van der Waals surface area contributed by atoms with E-state index in [1.807, 2.05) is 0 Å². The zero-order valence-electron chi connectivity index (χ0n) is 6.73. The fraction of sp³-hybridized carbons (Fsp3) is 1.00. The fourth-order valence-corrected chi connectivity index (χ4v) is 1.24. The summed E-state index contributed by atoms with van der Waals surface area (Å²) in [7, 11) is 1.53. The van der Waals surface area contributed by atoms with Gasteiger partial charge in [0.25, 0.3) is 0 Å². The lowest BCUT2D eigenvalue weighted by molar-refractivity contribution is -0.0290. The van der Waals surface area contributed by atoms with Crippen LogP contribution in [0.25, 0.3) is 0 Å². The first-order valence-corrected chi connectivity index (χ1v) is 3.67. The quantitative estimate of drug-likeness (QED) is 0.555. The van der Waals surface area contributed by atoms with Crippen LogP contribution in [0.3, 0.4) is 0 Å². The lowest BCUT2D eigenvalue weighted by atomic mass is 10.1. The van der Waals surface area contributed by atoms with E-state index >= 15 is 0 Å². The standard InChI is InChI=1S/C7H14O4/c1-4-6(8)7(9)5(11-4)3-10-2/h4-9H,3H2,1-2H3/t4-,5+,6?,7?/m0/s1. The average molecular weight is 162 g/mol. The van der Waals surface area contributed by atoms with Gasteiger partial charge in [0.15, 0.2) is 0 Å². The molecule has 2 unspecified atom stereocenters. The maximum absolute atomic E-state index is 9.30. The van der Waals surface area contributed by atoms with Crippen LogP contribution in [0.5, 0.6) is 0 Å². The highest BCUT2D eigenvalue weighted by atomic mass is 16.6. The van der Waals surface area contributed by atoms with Crippen LogP contribution in [0.15, 0.2) is 0 Å². The molecule has 1 heterocycles. The normalized spacial score (nSPS) is 44.7. The molecule has 1 saturated heterocycles. The second-order valence-electron chi connectivity index (χ2n) is 2.82. The summed E-state index contributed by atoms with van der Waals surface area (Å²) in [5.41, 5.74) is 0. The summed E-state index contributed by atoms with van der Waals surface area (Å²) in [4.78, 5) is 0. The molecule has 0 aromatic carbocycles. The molecule has 4 nitrogen and oxygen atoms in total. The van der Waals surface area contributed by atoms with E-state index in [9.17, 15) is 10.2 Å². The van der Waals surface area contributed by atoms with Crippen LogP contribution < -0.4 is 0 Å². The Morgan fingerprint density at radius 2 is 2.00 bits per heavy atom. The van der Waals surface area contributed by atoms with Crippen molar-refractivity contribution >= 4 is 0 Å². The van der Waals surface area contributed by atoms with E-state index in [0.29, 0.717) is 6.61 Å². The molecule has 0 aromatic rings. The van der Waals surface area contributed by atoms with Gasteiger partial charge in [-0.15, -0.1) is 0 Å². The van der Waals surface area contributed by atoms with Gasteiger partial charge in [-0.05, 0) is 6.92 Å². The number of hydrogen-bond donors (Lipinski definition) is 2. The average Bonchev–Trinajstić information content (AvgIpc) is 2.19. The molecular weight excluding hydrogens is 148 g/mol. The second kappa shape index (κ2) is 3.49. The molecule has 0 saturated carbocycles. The van der Waals surface area contributed by atoms with Crippen LogP contribution in [-0.4, -0.2) is 48.3 Å². The Hall–Kier alpha value is -0.160. The Labute approximate surface area is 65.7 Å². The molecule has 11 heavy (non-hydrogen) atoms. The predicted molar refractivity (Wildman–Crippen MR) is 38.2 cm³/mol. The Morgan fingerprint density at radius 1 is 1.36 bits per heavy atom. The molecule has 0 aromatic heterocycles. The number of hydrogen-bond acceptors (Lipinski definition) is 4. The second-order valence-corrected chi connectivity index (χ2v) is 2.82. The summed E-state index contributed by atoms with van der Waals surface area (Å²) >= 11 is 0. The van der Waals surface area contributed by atoms with Crippen molar-refractivity contribution in [3.63, 3.8) is 0 Å². The number of rotatable bonds is 2. The Kier molecular flexibility index (Phi) is 2.84. The first-order chi connectivity index (χ1) is 5.16. The first kappa shape index (κ1) is 8.93. The number of aliphatic hydroxyl groups excluding tert-OH is 2. The zero-order chi connectivity index (χ0) is 8.43. The topological polar surface area (TPSA) is 58.9 Å². The van der Waals surface area contributed by atoms with Gasteiger partial charge in [-0.3, -0.25) is 0 Å². The van der Waals surface area contributed by atoms with E-state index in [4.69, 9.17) is 9.47 Å². The van der Waals surface area contributed by atoms with Crippen molar-refractivity contribution in [3.8, 4) is 0 Å². The van der Waals surface area contributed by atoms with Crippen molar-refractivity contribution in [1.29, 1.82) is 0 Å². The molecule has 0 amide bonds. The summed E-state index contributed by atoms with van der Waals surface area (Å²) in [6, 6.07) is 0. The van der Waals surface area contributed by atoms with Gasteiger partial charge >= 0.3 is 0 Å².